The zero-order chi connectivity index (χ0) is 23.8. The van der Waals surface area contributed by atoms with Crippen LogP contribution in [0.1, 0.15) is 47.0 Å². The Bertz CT molecular complexity index is 1220. The highest BCUT2D eigenvalue weighted by Gasteiger charge is 2.17. The van der Waals surface area contributed by atoms with E-state index in [1.54, 1.807) is 24.3 Å². The van der Waals surface area contributed by atoms with Crippen LogP contribution >= 0.6 is 0 Å². The van der Waals surface area contributed by atoms with Gasteiger partial charge in [-0.05, 0) is 36.8 Å². The number of hydrazine groups is 1. The second-order valence-corrected chi connectivity index (χ2v) is 7.32. The molecule has 0 saturated carbocycles. The quantitative estimate of drug-likeness (QED) is 0.355. The first kappa shape index (κ1) is 23.6. The molecule has 0 aliphatic carbocycles. The van der Waals surface area contributed by atoms with Gasteiger partial charge in [0.25, 0.3) is 23.3 Å². The van der Waals surface area contributed by atoms with Crippen molar-refractivity contribution >= 4 is 28.5 Å². The van der Waals surface area contributed by atoms with E-state index in [0.717, 1.165) is 31.4 Å². The van der Waals surface area contributed by atoms with E-state index in [0.29, 0.717) is 17.3 Å². The van der Waals surface area contributed by atoms with Crippen molar-refractivity contribution in [1.29, 1.82) is 0 Å². The van der Waals surface area contributed by atoms with Crippen molar-refractivity contribution in [3.8, 4) is 0 Å². The Hall–Kier alpha value is -4.08. The lowest BCUT2D eigenvalue weighted by molar-refractivity contribution is -0.120. The zero-order valence-corrected chi connectivity index (χ0v) is 18.1. The third-order valence-electron chi connectivity index (χ3n) is 4.89. The van der Waals surface area contributed by atoms with Crippen molar-refractivity contribution < 1.29 is 18.8 Å². The predicted molar refractivity (Wildman–Crippen MR) is 120 cm³/mol. The van der Waals surface area contributed by atoms with Crippen molar-refractivity contribution in [1.82, 2.24) is 25.9 Å². The fraction of sp³-hybridized carbons (Fsp3) is 0.261. The number of carbonyl (C=O) groups excluding carboxylic acids is 3. The average Bonchev–Trinajstić information content (AvgIpc) is 2.83. The topological polar surface area (TPSA) is 122 Å². The lowest BCUT2D eigenvalue weighted by Gasteiger charge is -2.12. The van der Waals surface area contributed by atoms with E-state index in [2.05, 4.69) is 21.3 Å². The van der Waals surface area contributed by atoms with Crippen LogP contribution < -0.4 is 21.7 Å². The number of benzene rings is 2. The van der Waals surface area contributed by atoms with Gasteiger partial charge in [0.1, 0.15) is 5.82 Å². The van der Waals surface area contributed by atoms with E-state index in [9.17, 15) is 23.6 Å². The second-order valence-electron chi connectivity index (χ2n) is 7.32. The summed E-state index contributed by atoms with van der Waals surface area (Å²) in [6, 6.07) is 11.5. The number of nitrogens with zero attached hydrogens (tertiary/aromatic N) is 2. The maximum Gasteiger partial charge on any atom is 0.290 e. The van der Waals surface area contributed by atoms with E-state index in [4.69, 9.17) is 0 Å². The monoisotopic (exact) mass is 453 g/mol. The maximum atomic E-state index is 12.9. The number of amides is 3. The molecule has 172 valence electrons. The summed E-state index contributed by atoms with van der Waals surface area (Å²) in [6.07, 6.45) is 2.63. The Morgan fingerprint density at radius 2 is 1.64 bits per heavy atom. The number of aromatic nitrogens is 2. The smallest absolute Gasteiger partial charge is 0.290 e. The molecule has 3 rings (SSSR count). The molecule has 1 aromatic heterocycles. The summed E-state index contributed by atoms with van der Waals surface area (Å²) in [4.78, 5) is 49.5. The van der Waals surface area contributed by atoms with Crippen LogP contribution in [-0.4, -0.2) is 34.0 Å². The van der Waals surface area contributed by atoms with Crippen LogP contribution in [0, 0.1) is 5.82 Å². The van der Waals surface area contributed by atoms with Crippen LogP contribution in [-0.2, 0) is 11.3 Å². The summed E-state index contributed by atoms with van der Waals surface area (Å²) in [5.74, 6) is -2.43. The van der Waals surface area contributed by atoms with Gasteiger partial charge >= 0.3 is 0 Å². The van der Waals surface area contributed by atoms with Crippen LogP contribution in [0.5, 0.6) is 0 Å². The summed E-state index contributed by atoms with van der Waals surface area (Å²) in [6.45, 7) is 2.00. The Balaban J connectivity index is 1.65. The predicted octanol–water partition coefficient (Wildman–Crippen LogP) is 1.92. The molecule has 0 spiro atoms. The summed E-state index contributed by atoms with van der Waals surface area (Å²) >= 11 is 0. The molecule has 10 heteroatoms. The number of hydrogen-bond donors (Lipinski definition) is 3. The summed E-state index contributed by atoms with van der Waals surface area (Å²) in [5.41, 5.74) is 4.37. The molecule has 0 aliphatic rings. The van der Waals surface area contributed by atoms with Crippen LogP contribution in [0.3, 0.4) is 0 Å². The van der Waals surface area contributed by atoms with Gasteiger partial charge in [-0.25, -0.2) is 9.07 Å². The molecule has 0 radical (unpaired) electrons. The third kappa shape index (κ3) is 6.00. The van der Waals surface area contributed by atoms with Crippen LogP contribution in [0.25, 0.3) is 10.8 Å². The first-order chi connectivity index (χ1) is 15.9. The number of halogens is 1. The fourth-order valence-electron chi connectivity index (χ4n) is 3.16. The standard InChI is InChI=1S/C23H24FN5O4/c1-2-3-6-13-29-23(33)18-8-5-4-7-17(18)20(28-29)22(32)27-26-19(30)14-25-21(31)15-9-11-16(24)12-10-15/h4-5,7-12H,2-3,6,13-14H2,1H3,(H,25,31)(H,26,30)(H,27,32). The molecule has 3 N–H and O–H groups in total. The van der Waals surface area contributed by atoms with E-state index >= 15 is 0 Å². The van der Waals surface area contributed by atoms with E-state index in [1.807, 2.05) is 6.92 Å². The SMILES string of the molecule is CCCCCn1nc(C(=O)NNC(=O)CNC(=O)c2ccc(F)cc2)c2ccccc2c1=O. The number of aryl methyl sites for hydroxylation is 1. The number of unbranched alkanes of at least 4 members (excludes halogenated alkanes) is 2. The lowest BCUT2D eigenvalue weighted by atomic mass is 10.1. The molecule has 2 aromatic carbocycles. The zero-order valence-electron chi connectivity index (χ0n) is 18.1. The molecule has 9 nitrogen and oxygen atoms in total. The van der Waals surface area contributed by atoms with Gasteiger partial charge in [-0.15, -0.1) is 0 Å². The lowest BCUT2D eigenvalue weighted by Crippen LogP contribution is -2.47. The molecular weight excluding hydrogens is 429 g/mol. The van der Waals surface area contributed by atoms with Gasteiger partial charge < -0.3 is 5.32 Å². The summed E-state index contributed by atoms with van der Waals surface area (Å²) < 4.78 is 14.2. The molecule has 0 fully saturated rings. The fourth-order valence-corrected chi connectivity index (χ4v) is 3.16. The molecule has 0 bridgehead atoms. The molecule has 3 amide bonds. The normalized spacial score (nSPS) is 10.6. The highest BCUT2D eigenvalue weighted by atomic mass is 19.1. The van der Waals surface area contributed by atoms with Crippen LogP contribution in [0.15, 0.2) is 53.3 Å². The number of hydrogen-bond acceptors (Lipinski definition) is 5. The third-order valence-corrected chi connectivity index (χ3v) is 4.89. The van der Waals surface area contributed by atoms with E-state index < -0.39 is 30.1 Å². The molecule has 0 unspecified atom stereocenters. The molecule has 0 aliphatic heterocycles. The highest BCUT2D eigenvalue weighted by Crippen LogP contribution is 2.13. The minimum Gasteiger partial charge on any atom is -0.343 e. The molecule has 0 atom stereocenters. The Labute approximate surface area is 189 Å². The van der Waals surface area contributed by atoms with Gasteiger partial charge in [-0.3, -0.25) is 30.0 Å². The molecule has 0 saturated heterocycles. The van der Waals surface area contributed by atoms with Crippen molar-refractivity contribution in [2.24, 2.45) is 0 Å². The van der Waals surface area contributed by atoms with Gasteiger partial charge in [0.15, 0.2) is 5.69 Å². The van der Waals surface area contributed by atoms with Crippen LogP contribution in [0.2, 0.25) is 0 Å². The Morgan fingerprint density at radius 3 is 2.33 bits per heavy atom. The molecule has 3 aromatic rings. The molecular formula is C23H24FN5O4. The van der Waals surface area contributed by atoms with Gasteiger partial charge in [-0.2, -0.15) is 5.10 Å². The van der Waals surface area contributed by atoms with Crippen molar-refractivity contribution in [3.05, 3.63) is 76.0 Å². The minimum atomic E-state index is -0.700. The van der Waals surface area contributed by atoms with Crippen molar-refractivity contribution in [3.63, 3.8) is 0 Å². The van der Waals surface area contributed by atoms with Gasteiger partial charge in [0, 0.05) is 17.5 Å². The first-order valence-electron chi connectivity index (χ1n) is 10.5. The van der Waals surface area contributed by atoms with Crippen LogP contribution in [0.4, 0.5) is 4.39 Å². The molecule has 33 heavy (non-hydrogen) atoms. The maximum absolute atomic E-state index is 12.9. The Kier molecular flexibility index (Phi) is 7.85. The van der Waals surface area contributed by atoms with Gasteiger partial charge in [0.05, 0.1) is 11.9 Å². The number of fused-ring (bicyclic) bond motifs is 1. The highest BCUT2D eigenvalue weighted by molar-refractivity contribution is 6.05. The Morgan fingerprint density at radius 1 is 0.939 bits per heavy atom. The number of rotatable bonds is 8. The second kappa shape index (κ2) is 11.0. The molecule has 1 heterocycles. The minimum absolute atomic E-state index is 0.00246. The first-order valence-corrected chi connectivity index (χ1v) is 10.5. The largest absolute Gasteiger partial charge is 0.343 e. The van der Waals surface area contributed by atoms with Crippen molar-refractivity contribution in [2.45, 2.75) is 32.7 Å². The summed E-state index contributed by atoms with van der Waals surface area (Å²) in [5, 5.41) is 7.30. The van der Waals surface area contributed by atoms with E-state index in [1.165, 1.54) is 16.8 Å². The van der Waals surface area contributed by atoms with Crippen molar-refractivity contribution in [2.75, 3.05) is 6.54 Å². The van der Waals surface area contributed by atoms with Gasteiger partial charge in [-0.1, -0.05) is 38.0 Å². The number of nitrogens with one attached hydrogen (secondary N) is 3. The average molecular weight is 453 g/mol. The summed E-state index contributed by atoms with van der Waals surface area (Å²) in [7, 11) is 0. The van der Waals surface area contributed by atoms with Gasteiger partial charge in [0.2, 0.25) is 0 Å². The number of carbonyl (C=O) groups is 3. The van der Waals surface area contributed by atoms with E-state index in [-0.39, 0.29) is 16.8 Å².